The molecule has 7 heteroatoms. The smallest absolute Gasteiger partial charge is 1.00 e. The van der Waals surface area contributed by atoms with Crippen molar-refractivity contribution in [2.24, 2.45) is 0 Å². The van der Waals surface area contributed by atoms with E-state index < -0.39 is 5.97 Å². The third kappa shape index (κ3) is 3.91. The van der Waals surface area contributed by atoms with Gasteiger partial charge in [0.1, 0.15) is 17.1 Å². The number of carboxylic acid groups (broad SMARTS) is 1. The molecule has 0 radical (unpaired) electrons. The predicted octanol–water partition coefficient (Wildman–Crippen LogP) is 1.30. The fraction of sp³-hybridized carbons (Fsp3) is 0.0769. The van der Waals surface area contributed by atoms with Crippen LogP contribution in [-0.2, 0) is 0 Å². The fourth-order valence-electron chi connectivity index (χ4n) is 1.45. The first-order valence-corrected chi connectivity index (χ1v) is 6.06. The van der Waals surface area contributed by atoms with Crippen molar-refractivity contribution in [3.63, 3.8) is 0 Å². The zero-order valence-corrected chi connectivity index (χ0v) is 12.4. The Hall–Kier alpha value is -1.18. The van der Waals surface area contributed by atoms with Gasteiger partial charge in [0.25, 0.3) is 0 Å². The molecule has 0 unspecified atom stereocenters. The van der Waals surface area contributed by atoms with E-state index in [9.17, 15) is 4.79 Å². The molecule has 0 saturated carbocycles. The number of aromatic nitrogens is 1. The summed E-state index contributed by atoms with van der Waals surface area (Å²) in [5, 5.41) is 9.87. The van der Waals surface area contributed by atoms with Crippen molar-refractivity contribution in [1.82, 2.24) is 4.98 Å². The first-order valence-electron chi connectivity index (χ1n) is 5.30. The molecule has 0 aliphatic carbocycles. The number of hydrogen-bond donors (Lipinski definition) is 1. The molecular formula is C13H10Cl2LiNO3. The number of aromatic carboxylic acids is 1. The molecule has 4 nitrogen and oxygen atoms in total. The summed E-state index contributed by atoms with van der Waals surface area (Å²) >= 11 is 11.8. The second-order valence-corrected chi connectivity index (χ2v) is 4.65. The van der Waals surface area contributed by atoms with Crippen molar-refractivity contribution < 1.29 is 34.9 Å². The largest absolute Gasteiger partial charge is 1.00 e. The summed E-state index contributed by atoms with van der Waals surface area (Å²) in [5.41, 5.74) is 0.597. The fourth-order valence-corrected chi connectivity index (χ4v) is 1.77. The molecule has 1 aromatic carbocycles. The minimum atomic E-state index is -1.12. The molecule has 20 heavy (non-hydrogen) atoms. The standard InChI is InChI=1S/C13H9Cl2NO3.Li.H/c1-7-4-11(9(6-16-7)13(17)18)19-12-5-8(14)2-3-10(12)15;;/h2-6H,1H3,(H,17,18);;/q;+1;-1. The van der Waals surface area contributed by atoms with Crippen molar-refractivity contribution in [3.8, 4) is 11.5 Å². The van der Waals surface area contributed by atoms with Gasteiger partial charge in [0.05, 0.1) is 5.02 Å². The van der Waals surface area contributed by atoms with E-state index in [0.717, 1.165) is 0 Å². The summed E-state index contributed by atoms with van der Waals surface area (Å²) in [5.74, 6) is -0.660. The van der Waals surface area contributed by atoms with Gasteiger partial charge in [-0.3, -0.25) is 4.98 Å². The van der Waals surface area contributed by atoms with Crippen LogP contribution in [0.2, 0.25) is 10.0 Å². The number of pyridine rings is 1. The van der Waals surface area contributed by atoms with Crippen LogP contribution in [0.4, 0.5) is 0 Å². The van der Waals surface area contributed by atoms with E-state index in [1.165, 1.54) is 18.3 Å². The van der Waals surface area contributed by atoms with Gasteiger partial charge in [0.2, 0.25) is 0 Å². The van der Waals surface area contributed by atoms with Gasteiger partial charge in [-0.15, -0.1) is 0 Å². The first-order chi connectivity index (χ1) is 8.97. The quantitative estimate of drug-likeness (QED) is 0.869. The van der Waals surface area contributed by atoms with Gasteiger partial charge in [-0.05, 0) is 19.1 Å². The normalized spacial score (nSPS) is 9.75. The Morgan fingerprint density at radius 1 is 1.30 bits per heavy atom. The number of benzene rings is 1. The molecule has 2 rings (SSSR count). The predicted molar refractivity (Wildman–Crippen MR) is 73.6 cm³/mol. The third-order valence-electron chi connectivity index (χ3n) is 2.35. The van der Waals surface area contributed by atoms with Crippen LogP contribution < -0.4 is 23.6 Å². The molecule has 1 N–H and O–H groups in total. The Kier molecular flexibility index (Phi) is 5.91. The maximum absolute atomic E-state index is 11.1. The second-order valence-electron chi connectivity index (χ2n) is 3.80. The topological polar surface area (TPSA) is 59.4 Å². The molecule has 0 amide bonds. The molecule has 0 aliphatic rings. The maximum Gasteiger partial charge on any atom is 1.00 e. The summed E-state index contributed by atoms with van der Waals surface area (Å²) in [7, 11) is 0. The molecule has 1 aromatic heterocycles. The van der Waals surface area contributed by atoms with E-state index in [2.05, 4.69) is 4.98 Å². The molecule has 1 heterocycles. The Bertz CT molecular complexity index is 655. The van der Waals surface area contributed by atoms with Crippen LogP contribution >= 0.6 is 23.2 Å². The Morgan fingerprint density at radius 2 is 2.00 bits per heavy atom. The maximum atomic E-state index is 11.1. The number of aryl methyl sites for hydroxylation is 1. The average Bonchev–Trinajstić information content (AvgIpc) is 2.33. The number of rotatable bonds is 3. The number of carbonyl (C=O) groups is 1. The third-order valence-corrected chi connectivity index (χ3v) is 2.89. The van der Waals surface area contributed by atoms with Crippen molar-refractivity contribution in [2.75, 3.05) is 0 Å². The Morgan fingerprint density at radius 3 is 2.65 bits per heavy atom. The molecule has 0 saturated heterocycles. The van der Waals surface area contributed by atoms with E-state index in [1.807, 2.05) is 0 Å². The molecular weight excluding hydrogens is 296 g/mol. The van der Waals surface area contributed by atoms with E-state index in [-0.39, 0.29) is 31.6 Å². The van der Waals surface area contributed by atoms with Crippen molar-refractivity contribution in [3.05, 3.63) is 51.8 Å². The van der Waals surface area contributed by atoms with Gasteiger partial charge in [0, 0.05) is 29.0 Å². The molecule has 0 fully saturated rings. The Balaban J connectivity index is 0.00000200. The monoisotopic (exact) mass is 305 g/mol. The summed E-state index contributed by atoms with van der Waals surface area (Å²) < 4.78 is 5.53. The van der Waals surface area contributed by atoms with Gasteiger partial charge in [-0.25, -0.2) is 4.79 Å². The van der Waals surface area contributed by atoms with E-state index in [0.29, 0.717) is 21.5 Å². The molecule has 0 spiro atoms. The van der Waals surface area contributed by atoms with Crippen LogP contribution in [0.3, 0.4) is 0 Å². The molecule has 0 aliphatic heterocycles. The van der Waals surface area contributed by atoms with Gasteiger partial charge in [0.15, 0.2) is 0 Å². The number of carboxylic acids is 1. The number of hydrogen-bond acceptors (Lipinski definition) is 3. The van der Waals surface area contributed by atoms with Crippen LogP contribution in [0.1, 0.15) is 17.5 Å². The molecule has 2 aromatic rings. The van der Waals surface area contributed by atoms with Crippen molar-refractivity contribution in [2.45, 2.75) is 6.92 Å². The number of ether oxygens (including phenoxy) is 1. The second kappa shape index (κ2) is 7.01. The summed E-state index contributed by atoms with van der Waals surface area (Å²) in [6.07, 6.45) is 1.24. The molecule has 0 bridgehead atoms. The van der Waals surface area contributed by atoms with Crippen LogP contribution in [0, 0.1) is 6.92 Å². The van der Waals surface area contributed by atoms with E-state index in [4.69, 9.17) is 33.0 Å². The molecule has 100 valence electrons. The molecule has 0 atom stereocenters. The minimum Gasteiger partial charge on any atom is -1.00 e. The van der Waals surface area contributed by atoms with Gasteiger partial charge < -0.3 is 11.3 Å². The SMILES string of the molecule is Cc1cc(Oc2cc(Cl)ccc2Cl)c(C(=O)O)cn1.[H-].[Li+]. The van der Waals surface area contributed by atoms with Crippen LogP contribution in [-0.4, -0.2) is 16.1 Å². The van der Waals surface area contributed by atoms with Crippen LogP contribution in [0.15, 0.2) is 30.5 Å². The van der Waals surface area contributed by atoms with E-state index >= 15 is 0 Å². The first kappa shape index (κ1) is 16.9. The zero-order chi connectivity index (χ0) is 14.0. The summed E-state index contributed by atoms with van der Waals surface area (Å²) in [4.78, 5) is 15.0. The van der Waals surface area contributed by atoms with Crippen molar-refractivity contribution in [1.29, 1.82) is 0 Å². The number of halogens is 2. The average molecular weight is 306 g/mol. The Labute approximate surface area is 139 Å². The van der Waals surface area contributed by atoms with Gasteiger partial charge in [-0.2, -0.15) is 0 Å². The zero-order valence-electron chi connectivity index (χ0n) is 11.9. The van der Waals surface area contributed by atoms with Crippen LogP contribution in [0.25, 0.3) is 0 Å². The van der Waals surface area contributed by atoms with Gasteiger partial charge in [-0.1, -0.05) is 23.2 Å². The van der Waals surface area contributed by atoms with E-state index in [1.54, 1.807) is 19.1 Å². The van der Waals surface area contributed by atoms with Crippen LogP contribution in [0.5, 0.6) is 11.5 Å². The minimum absolute atomic E-state index is 0. The number of nitrogens with zero attached hydrogens (tertiary/aromatic N) is 1. The summed E-state index contributed by atoms with van der Waals surface area (Å²) in [6.45, 7) is 1.73. The van der Waals surface area contributed by atoms with Gasteiger partial charge >= 0.3 is 24.8 Å². The summed E-state index contributed by atoms with van der Waals surface area (Å²) in [6, 6.07) is 6.24. The van der Waals surface area contributed by atoms with Crippen molar-refractivity contribution >= 4 is 29.2 Å².